The Labute approximate surface area is 161 Å². The first kappa shape index (κ1) is 20.2. The maximum atomic E-state index is 13.1. The number of halogens is 3. The molecule has 0 aliphatic carbocycles. The summed E-state index contributed by atoms with van der Waals surface area (Å²) in [4.78, 5) is 14.5. The Bertz CT molecular complexity index is 1010. The molecular formula is C19H19F3N2O3S. The Morgan fingerprint density at radius 3 is 2.46 bits per heavy atom. The van der Waals surface area contributed by atoms with Crippen molar-refractivity contribution < 1.29 is 26.4 Å². The number of fused-ring (bicyclic) bond motifs is 1. The summed E-state index contributed by atoms with van der Waals surface area (Å²) in [5.41, 5.74) is 0.473. The van der Waals surface area contributed by atoms with E-state index in [-0.39, 0.29) is 5.69 Å². The number of carbonyl (C=O) groups excluding carboxylic acids is 1. The first-order valence-electron chi connectivity index (χ1n) is 8.56. The summed E-state index contributed by atoms with van der Waals surface area (Å²) >= 11 is 0. The summed E-state index contributed by atoms with van der Waals surface area (Å²) < 4.78 is 64.7. The predicted molar refractivity (Wildman–Crippen MR) is 101 cm³/mol. The van der Waals surface area contributed by atoms with Crippen molar-refractivity contribution in [2.45, 2.75) is 25.6 Å². The summed E-state index contributed by atoms with van der Waals surface area (Å²) in [6, 6.07) is 10.0. The first-order valence-corrected chi connectivity index (χ1v) is 10.4. The van der Waals surface area contributed by atoms with Crippen LogP contribution in [0.3, 0.4) is 0 Å². The average Bonchev–Trinajstić information content (AvgIpc) is 3.03. The zero-order valence-corrected chi connectivity index (χ0v) is 16.1. The van der Waals surface area contributed by atoms with Gasteiger partial charge in [-0.15, -0.1) is 0 Å². The number of hydrogen-bond donors (Lipinski definition) is 0. The maximum absolute atomic E-state index is 13.1. The quantitative estimate of drug-likeness (QED) is 0.773. The van der Waals surface area contributed by atoms with Gasteiger partial charge in [-0.2, -0.15) is 13.2 Å². The number of anilines is 2. The van der Waals surface area contributed by atoms with E-state index in [2.05, 4.69) is 0 Å². The van der Waals surface area contributed by atoms with Crippen LogP contribution < -0.4 is 9.21 Å². The molecule has 3 rings (SSSR count). The van der Waals surface area contributed by atoms with E-state index < -0.39 is 33.7 Å². The van der Waals surface area contributed by atoms with Crippen LogP contribution in [0.5, 0.6) is 0 Å². The molecule has 0 fully saturated rings. The van der Waals surface area contributed by atoms with Gasteiger partial charge in [0.15, 0.2) is 0 Å². The average molecular weight is 412 g/mol. The van der Waals surface area contributed by atoms with Crippen LogP contribution >= 0.6 is 0 Å². The number of rotatable bonds is 4. The molecule has 0 unspecified atom stereocenters. The maximum Gasteiger partial charge on any atom is 0.416 e. The third kappa shape index (κ3) is 3.84. The summed E-state index contributed by atoms with van der Waals surface area (Å²) in [6.07, 6.45) is -3.12. The third-order valence-electron chi connectivity index (χ3n) is 4.65. The second-order valence-corrected chi connectivity index (χ2v) is 8.51. The lowest BCUT2D eigenvalue weighted by Gasteiger charge is -2.31. The topological polar surface area (TPSA) is 57.7 Å². The molecule has 9 heteroatoms. The number of benzene rings is 2. The van der Waals surface area contributed by atoms with E-state index in [1.165, 1.54) is 17.9 Å². The van der Waals surface area contributed by atoms with Gasteiger partial charge in [-0.1, -0.05) is 24.3 Å². The summed E-state index contributed by atoms with van der Waals surface area (Å²) in [5, 5.41) is 0. The fraction of sp³-hybridized carbons (Fsp3) is 0.316. The van der Waals surface area contributed by atoms with Crippen molar-refractivity contribution in [2.24, 2.45) is 0 Å². The Morgan fingerprint density at radius 2 is 1.82 bits per heavy atom. The number of amides is 1. The van der Waals surface area contributed by atoms with E-state index >= 15 is 0 Å². The van der Waals surface area contributed by atoms with Gasteiger partial charge in [0, 0.05) is 12.2 Å². The number of carbonyl (C=O) groups is 1. The van der Waals surface area contributed by atoms with Gasteiger partial charge in [-0.05, 0) is 43.2 Å². The molecule has 5 nitrogen and oxygen atoms in total. The molecule has 0 aromatic heterocycles. The normalized spacial score (nSPS) is 15.2. The lowest BCUT2D eigenvalue weighted by atomic mass is 10.1. The van der Waals surface area contributed by atoms with Gasteiger partial charge >= 0.3 is 6.18 Å². The fourth-order valence-electron chi connectivity index (χ4n) is 3.41. The number of hydrogen-bond acceptors (Lipinski definition) is 3. The van der Waals surface area contributed by atoms with Gasteiger partial charge < -0.3 is 4.90 Å². The van der Waals surface area contributed by atoms with Gasteiger partial charge in [0.1, 0.15) is 6.04 Å². The van der Waals surface area contributed by atoms with Gasteiger partial charge in [-0.25, -0.2) is 8.42 Å². The van der Waals surface area contributed by atoms with Crippen molar-refractivity contribution in [3.8, 4) is 0 Å². The third-order valence-corrected chi connectivity index (χ3v) is 5.89. The first-order chi connectivity index (χ1) is 13.0. The van der Waals surface area contributed by atoms with Crippen molar-refractivity contribution >= 4 is 27.3 Å². The van der Waals surface area contributed by atoms with E-state index in [1.54, 1.807) is 12.1 Å². The molecule has 0 N–H and O–H groups in total. The van der Waals surface area contributed by atoms with Crippen LogP contribution in [-0.2, 0) is 27.4 Å². The monoisotopic (exact) mass is 412 g/mol. The molecule has 0 radical (unpaired) electrons. The lowest BCUT2D eigenvalue weighted by molar-refractivity contribution is -0.137. The highest BCUT2D eigenvalue weighted by molar-refractivity contribution is 7.92. The van der Waals surface area contributed by atoms with Gasteiger partial charge in [0.25, 0.3) is 5.91 Å². The van der Waals surface area contributed by atoms with Gasteiger partial charge in [0.2, 0.25) is 10.0 Å². The Kier molecular flexibility index (Phi) is 5.14. The van der Waals surface area contributed by atoms with Crippen LogP contribution in [0.25, 0.3) is 0 Å². The van der Waals surface area contributed by atoms with Crippen LogP contribution in [-0.4, -0.2) is 33.2 Å². The number of alkyl halides is 3. The smallest absolute Gasteiger partial charge is 0.310 e. The Hall–Kier alpha value is -2.55. The second kappa shape index (κ2) is 7.12. The molecular weight excluding hydrogens is 393 g/mol. The largest absolute Gasteiger partial charge is 0.416 e. The number of sulfonamides is 1. The molecule has 1 aliphatic rings. The highest BCUT2D eigenvalue weighted by Crippen LogP contribution is 2.34. The standard InChI is InChI=1S/C19H19F3N2O3S/c1-13(18(25)23-11-10-14-6-3-4-9-17(14)23)24(28(2,26)27)16-8-5-7-15(12-16)19(20,21)22/h3-9,12-13H,10-11H2,1-2H3/t13-/m1/s1. The minimum atomic E-state index is -4.62. The van der Waals surface area contributed by atoms with E-state index in [1.807, 2.05) is 12.1 Å². The summed E-state index contributed by atoms with van der Waals surface area (Å²) in [6.45, 7) is 1.77. The van der Waals surface area contributed by atoms with Crippen LogP contribution in [0.2, 0.25) is 0 Å². The molecule has 0 saturated carbocycles. The molecule has 1 amide bonds. The van der Waals surface area contributed by atoms with Crippen LogP contribution in [0.4, 0.5) is 24.5 Å². The molecule has 2 aromatic rings. The SMILES string of the molecule is C[C@H](C(=O)N1CCc2ccccc21)N(c1cccc(C(F)(F)F)c1)S(C)(=O)=O. The van der Waals surface area contributed by atoms with E-state index in [4.69, 9.17) is 0 Å². The van der Waals surface area contributed by atoms with Crippen molar-refractivity contribution in [3.63, 3.8) is 0 Å². The lowest BCUT2D eigenvalue weighted by Crippen LogP contribution is -2.49. The van der Waals surface area contributed by atoms with E-state index in [0.29, 0.717) is 18.7 Å². The molecule has 150 valence electrons. The van der Waals surface area contributed by atoms with Crippen molar-refractivity contribution in [3.05, 3.63) is 59.7 Å². The van der Waals surface area contributed by atoms with Crippen LogP contribution in [0.15, 0.2) is 48.5 Å². The van der Waals surface area contributed by atoms with E-state index in [0.717, 1.165) is 34.3 Å². The zero-order chi connectivity index (χ0) is 20.7. The number of para-hydroxylation sites is 1. The Balaban J connectivity index is 1.99. The van der Waals surface area contributed by atoms with Gasteiger partial charge in [0.05, 0.1) is 17.5 Å². The minimum Gasteiger partial charge on any atom is -0.310 e. The second-order valence-electron chi connectivity index (χ2n) is 6.65. The van der Waals surface area contributed by atoms with Crippen molar-refractivity contribution in [1.82, 2.24) is 0 Å². The summed E-state index contributed by atoms with van der Waals surface area (Å²) in [7, 11) is -4.01. The molecule has 0 bridgehead atoms. The molecule has 2 aromatic carbocycles. The van der Waals surface area contributed by atoms with Crippen LogP contribution in [0.1, 0.15) is 18.1 Å². The highest BCUT2D eigenvalue weighted by atomic mass is 32.2. The Morgan fingerprint density at radius 1 is 1.14 bits per heavy atom. The molecule has 1 atom stereocenters. The predicted octanol–water partition coefficient (Wildman–Crippen LogP) is 3.45. The van der Waals surface area contributed by atoms with Crippen molar-refractivity contribution in [1.29, 1.82) is 0 Å². The van der Waals surface area contributed by atoms with Gasteiger partial charge in [-0.3, -0.25) is 9.10 Å². The number of nitrogens with zero attached hydrogens (tertiary/aromatic N) is 2. The molecule has 1 heterocycles. The molecule has 0 spiro atoms. The minimum absolute atomic E-state index is 0.203. The van der Waals surface area contributed by atoms with Crippen LogP contribution in [0, 0.1) is 0 Å². The molecule has 1 aliphatic heterocycles. The summed E-state index contributed by atoms with van der Waals surface area (Å²) in [5.74, 6) is -0.493. The highest BCUT2D eigenvalue weighted by Gasteiger charge is 2.36. The fourth-order valence-corrected chi connectivity index (χ4v) is 4.58. The molecule has 28 heavy (non-hydrogen) atoms. The van der Waals surface area contributed by atoms with Crippen molar-refractivity contribution in [2.75, 3.05) is 22.0 Å². The molecule has 0 saturated heterocycles. The zero-order valence-electron chi connectivity index (χ0n) is 15.3. The van der Waals surface area contributed by atoms with E-state index in [9.17, 15) is 26.4 Å².